The Hall–Kier alpha value is -3.81. The molecule has 156 valence electrons. The highest BCUT2D eigenvalue weighted by atomic mass is 16.5. The van der Waals surface area contributed by atoms with Gasteiger partial charge in [0.25, 0.3) is 0 Å². The third kappa shape index (κ3) is 4.78. The lowest BCUT2D eigenvalue weighted by atomic mass is 10.0. The molecular formula is C22H24N4O4. The number of benzene rings is 2. The van der Waals surface area contributed by atoms with Gasteiger partial charge in [-0.15, -0.1) is 0 Å². The molecule has 0 radical (unpaired) electrons. The number of anilines is 2. The minimum Gasteiger partial charge on any atom is -0.452 e. The third-order valence-corrected chi connectivity index (χ3v) is 4.76. The molecule has 8 heteroatoms. The maximum absolute atomic E-state index is 12.9. The van der Waals surface area contributed by atoms with E-state index in [0.717, 1.165) is 16.5 Å². The van der Waals surface area contributed by atoms with Crippen LogP contribution in [0, 0.1) is 0 Å². The lowest BCUT2D eigenvalue weighted by Gasteiger charge is -2.19. The van der Waals surface area contributed by atoms with Crippen LogP contribution in [0.2, 0.25) is 0 Å². The van der Waals surface area contributed by atoms with Gasteiger partial charge in [-0.05, 0) is 35.9 Å². The average Bonchev–Trinajstić information content (AvgIpc) is 3.15. The number of amides is 3. The summed E-state index contributed by atoms with van der Waals surface area (Å²) in [6, 6.07) is 13.8. The first-order valence-electron chi connectivity index (χ1n) is 9.43. The summed E-state index contributed by atoms with van der Waals surface area (Å²) >= 11 is 0. The molecule has 2 aromatic carbocycles. The Morgan fingerprint density at radius 3 is 2.47 bits per heavy atom. The molecule has 0 aliphatic heterocycles. The first-order chi connectivity index (χ1) is 14.4. The van der Waals surface area contributed by atoms with E-state index in [4.69, 9.17) is 0 Å². The fraction of sp³-hybridized carbons (Fsp3) is 0.227. The Balaban J connectivity index is 1.74. The largest absolute Gasteiger partial charge is 0.452 e. The highest BCUT2D eigenvalue weighted by Gasteiger charge is 2.22. The molecule has 3 N–H and O–H groups in total. The molecular weight excluding hydrogens is 384 g/mol. The van der Waals surface area contributed by atoms with Gasteiger partial charge in [0.15, 0.2) is 0 Å². The topological polar surface area (TPSA) is 104 Å². The smallest absolute Gasteiger partial charge is 0.413 e. The van der Waals surface area contributed by atoms with E-state index in [2.05, 4.69) is 20.4 Å². The molecule has 3 amide bonds. The third-order valence-electron chi connectivity index (χ3n) is 4.76. The van der Waals surface area contributed by atoms with Crippen LogP contribution >= 0.6 is 0 Å². The molecule has 0 bridgehead atoms. The molecule has 3 rings (SSSR count). The SMILES string of the molecule is COC(=O)N(C)c1ccc(NC(=O)C(Cc2c[nH]c3ccccc23)NC(C)=O)cc1. The fourth-order valence-corrected chi connectivity index (χ4v) is 3.22. The Morgan fingerprint density at radius 1 is 1.10 bits per heavy atom. The van der Waals surface area contributed by atoms with E-state index in [0.29, 0.717) is 17.8 Å². The van der Waals surface area contributed by atoms with E-state index in [1.54, 1.807) is 31.3 Å². The van der Waals surface area contributed by atoms with Crippen molar-refractivity contribution in [3.8, 4) is 0 Å². The number of rotatable bonds is 6. The number of nitrogens with zero attached hydrogens (tertiary/aromatic N) is 1. The molecule has 0 saturated heterocycles. The number of aromatic nitrogens is 1. The van der Waals surface area contributed by atoms with Gasteiger partial charge in [-0.3, -0.25) is 14.5 Å². The molecule has 0 aliphatic rings. The van der Waals surface area contributed by atoms with E-state index >= 15 is 0 Å². The number of H-pyrrole nitrogens is 1. The number of para-hydroxylation sites is 1. The molecule has 0 saturated carbocycles. The van der Waals surface area contributed by atoms with Crippen molar-refractivity contribution in [2.24, 2.45) is 0 Å². The number of carbonyl (C=O) groups is 3. The van der Waals surface area contributed by atoms with Crippen molar-refractivity contribution in [3.63, 3.8) is 0 Å². The normalized spacial score (nSPS) is 11.6. The van der Waals surface area contributed by atoms with Gasteiger partial charge in [0, 0.05) is 48.9 Å². The summed E-state index contributed by atoms with van der Waals surface area (Å²) < 4.78 is 4.68. The predicted octanol–water partition coefficient (Wildman–Crippen LogP) is 3.06. The Bertz CT molecular complexity index is 1060. The van der Waals surface area contributed by atoms with Gasteiger partial charge < -0.3 is 20.4 Å². The summed E-state index contributed by atoms with van der Waals surface area (Å²) in [5.74, 6) is -0.616. The molecule has 0 fully saturated rings. The molecule has 30 heavy (non-hydrogen) atoms. The van der Waals surface area contributed by atoms with Crippen molar-refractivity contribution in [3.05, 3.63) is 60.3 Å². The zero-order chi connectivity index (χ0) is 21.7. The molecule has 1 heterocycles. The van der Waals surface area contributed by atoms with Crippen LogP contribution in [0.3, 0.4) is 0 Å². The number of nitrogens with one attached hydrogen (secondary N) is 3. The van der Waals surface area contributed by atoms with Crippen LogP contribution in [0.1, 0.15) is 12.5 Å². The van der Waals surface area contributed by atoms with Gasteiger partial charge in [0.2, 0.25) is 11.8 Å². The van der Waals surface area contributed by atoms with Gasteiger partial charge >= 0.3 is 6.09 Å². The highest BCUT2D eigenvalue weighted by molar-refractivity contribution is 5.98. The number of hydrogen-bond acceptors (Lipinski definition) is 4. The van der Waals surface area contributed by atoms with Crippen molar-refractivity contribution in [1.29, 1.82) is 0 Å². The molecule has 8 nitrogen and oxygen atoms in total. The van der Waals surface area contributed by atoms with Gasteiger partial charge in [-0.1, -0.05) is 18.2 Å². The first kappa shape index (κ1) is 20.9. The summed E-state index contributed by atoms with van der Waals surface area (Å²) in [4.78, 5) is 40.7. The molecule has 1 atom stereocenters. The standard InChI is InChI=1S/C22H24N4O4/c1-14(27)24-20(12-15-13-23-19-7-5-4-6-18(15)19)21(28)25-16-8-10-17(11-9-16)26(2)22(29)30-3/h4-11,13,20,23H,12H2,1-3H3,(H,24,27)(H,25,28). The fourth-order valence-electron chi connectivity index (χ4n) is 3.22. The zero-order valence-corrected chi connectivity index (χ0v) is 17.1. The minimum atomic E-state index is -0.737. The maximum atomic E-state index is 12.9. The predicted molar refractivity (Wildman–Crippen MR) is 115 cm³/mol. The van der Waals surface area contributed by atoms with Crippen LogP contribution < -0.4 is 15.5 Å². The van der Waals surface area contributed by atoms with Crippen molar-refractivity contribution in [2.45, 2.75) is 19.4 Å². The summed E-state index contributed by atoms with van der Waals surface area (Å²) in [7, 11) is 2.90. The lowest BCUT2D eigenvalue weighted by molar-refractivity contribution is -0.125. The summed E-state index contributed by atoms with van der Waals surface area (Å²) in [5.41, 5.74) is 3.09. The average molecular weight is 408 g/mol. The van der Waals surface area contributed by atoms with Crippen molar-refractivity contribution < 1.29 is 19.1 Å². The van der Waals surface area contributed by atoms with Crippen LogP contribution in [-0.2, 0) is 20.7 Å². The lowest BCUT2D eigenvalue weighted by Crippen LogP contribution is -2.44. The molecule has 0 aliphatic carbocycles. The van der Waals surface area contributed by atoms with E-state index in [-0.39, 0.29) is 11.8 Å². The minimum absolute atomic E-state index is 0.287. The summed E-state index contributed by atoms with van der Waals surface area (Å²) in [5, 5.41) is 6.55. The van der Waals surface area contributed by atoms with Crippen molar-refractivity contribution in [2.75, 3.05) is 24.4 Å². The zero-order valence-electron chi connectivity index (χ0n) is 17.1. The van der Waals surface area contributed by atoms with E-state index in [1.165, 1.54) is 18.9 Å². The summed E-state index contributed by atoms with van der Waals surface area (Å²) in [6.45, 7) is 1.38. The molecule has 1 unspecified atom stereocenters. The number of hydrogen-bond donors (Lipinski definition) is 3. The second kappa shape index (κ2) is 9.13. The van der Waals surface area contributed by atoms with Gasteiger partial charge in [0.05, 0.1) is 7.11 Å². The van der Waals surface area contributed by atoms with E-state index in [9.17, 15) is 14.4 Å². The maximum Gasteiger partial charge on any atom is 0.413 e. The van der Waals surface area contributed by atoms with Crippen LogP contribution in [0.4, 0.5) is 16.2 Å². The van der Waals surface area contributed by atoms with Gasteiger partial charge in [0.1, 0.15) is 6.04 Å². The molecule has 1 aromatic heterocycles. The van der Waals surface area contributed by atoms with Crippen molar-refractivity contribution >= 4 is 40.2 Å². The van der Waals surface area contributed by atoms with Crippen molar-refractivity contribution in [1.82, 2.24) is 10.3 Å². The second-order valence-electron chi connectivity index (χ2n) is 6.88. The van der Waals surface area contributed by atoms with Crippen LogP contribution in [0.15, 0.2) is 54.7 Å². The van der Waals surface area contributed by atoms with E-state index in [1.807, 2.05) is 30.5 Å². The quantitative estimate of drug-likeness (QED) is 0.583. The van der Waals surface area contributed by atoms with Crippen LogP contribution in [0.25, 0.3) is 10.9 Å². The number of aromatic amines is 1. The second-order valence-corrected chi connectivity index (χ2v) is 6.88. The number of carbonyl (C=O) groups excluding carboxylic acids is 3. The highest BCUT2D eigenvalue weighted by Crippen LogP contribution is 2.21. The molecule has 0 spiro atoms. The van der Waals surface area contributed by atoms with Gasteiger partial charge in [-0.25, -0.2) is 4.79 Å². The monoisotopic (exact) mass is 408 g/mol. The van der Waals surface area contributed by atoms with E-state index < -0.39 is 12.1 Å². The summed E-state index contributed by atoms with van der Waals surface area (Å²) in [6.07, 6.45) is 1.71. The number of ether oxygens (including phenoxy) is 1. The Kier molecular flexibility index (Phi) is 6.36. The van der Waals surface area contributed by atoms with Crippen LogP contribution in [0.5, 0.6) is 0 Å². The van der Waals surface area contributed by atoms with Gasteiger partial charge in [-0.2, -0.15) is 0 Å². The molecule has 3 aromatic rings. The number of methoxy groups -OCH3 is 1. The Morgan fingerprint density at radius 2 is 1.80 bits per heavy atom. The Labute approximate surface area is 174 Å². The van der Waals surface area contributed by atoms with Crippen LogP contribution in [-0.4, -0.2) is 43.1 Å². The first-order valence-corrected chi connectivity index (χ1v) is 9.43. The number of fused-ring (bicyclic) bond motifs is 1.